The summed E-state index contributed by atoms with van der Waals surface area (Å²) in [5.74, 6) is -2.67. The highest BCUT2D eigenvalue weighted by Gasteiger charge is 2.38. The predicted octanol–water partition coefficient (Wildman–Crippen LogP) is 5.26. The third-order valence-electron chi connectivity index (χ3n) is 4.34. The van der Waals surface area contributed by atoms with Gasteiger partial charge in [-0.3, -0.25) is 4.79 Å². The lowest BCUT2D eigenvalue weighted by atomic mass is 10.0. The van der Waals surface area contributed by atoms with Gasteiger partial charge >= 0.3 is 24.5 Å². The van der Waals surface area contributed by atoms with Crippen LogP contribution in [0.4, 0.5) is 39.5 Å². The number of halogens is 9. The van der Waals surface area contributed by atoms with Crippen molar-refractivity contribution in [2.24, 2.45) is 0 Å². The number of amides is 1. The number of alkyl halides is 9. The van der Waals surface area contributed by atoms with Crippen molar-refractivity contribution >= 4 is 11.9 Å². The van der Waals surface area contributed by atoms with Crippen LogP contribution in [0.5, 0.6) is 0 Å². The molecule has 0 fully saturated rings. The number of carbonyl (C=O) groups excluding carboxylic acids is 2. The topological polar surface area (TPSA) is 55.4 Å². The van der Waals surface area contributed by atoms with Gasteiger partial charge in [-0.2, -0.15) is 39.5 Å². The Labute approximate surface area is 180 Å². The molecule has 0 heterocycles. The Morgan fingerprint density at radius 2 is 1.33 bits per heavy atom. The average Bonchev–Trinajstić information content (AvgIpc) is 2.70. The van der Waals surface area contributed by atoms with Gasteiger partial charge in [-0.25, -0.2) is 4.79 Å². The quantitative estimate of drug-likeness (QED) is 0.463. The van der Waals surface area contributed by atoms with Crippen LogP contribution in [0.25, 0.3) is 0 Å². The molecular weight excluding hydrogens is 473 g/mol. The monoisotopic (exact) mass is 487 g/mol. The molecule has 2 aromatic carbocycles. The van der Waals surface area contributed by atoms with Crippen LogP contribution >= 0.6 is 0 Å². The lowest BCUT2D eigenvalue weighted by Crippen LogP contribution is -2.43. The van der Waals surface area contributed by atoms with Gasteiger partial charge in [-0.15, -0.1) is 0 Å². The number of benzene rings is 2. The molecule has 13 heteroatoms. The summed E-state index contributed by atoms with van der Waals surface area (Å²) in [4.78, 5) is 24.4. The molecule has 4 nitrogen and oxygen atoms in total. The van der Waals surface area contributed by atoms with E-state index in [1.807, 2.05) is 5.32 Å². The molecule has 0 aliphatic carbocycles. The summed E-state index contributed by atoms with van der Waals surface area (Å²) in [6.45, 7) is 0. The van der Waals surface area contributed by atoms with Crippen molar-refractivity contribution < 1.29 is 53.8 Å². The maximum Gasteiger partial charge on any atom is 0.416 e. The number of ether oxygens (including phenoxy) is 1. The van der Waals surface area contributed by atoms with E-state index in [9.17, 15) is 49.1 Å². The Balaban J connectivity index is 2.39. The van der Waals surface area contributed by atoms with Crippen LogP contribution in [-0.2, 0) is 34.5 Å². The highest BCUT2D eigenvalue weighted by molar-refractivity contribution is 5.97. The molecule has 1 N–H and O–H groups in total. The SMILES string of the molecule is COC(=O)[C@@H](Cc1cccc(C(F)(F)F)c1)NC(=O)c1cc(C(F)(F)F)cc(C(F)(F)F)c1. The number of hydrogen-bond acceptors (Lipinski definition) is 3. The second-order valence-corrected chi connectivity index (χ2v) is 6.75. The van der Waals surface area contributed by atoms with Gasteiger partial charge in [-0.05, 0) is 29.8 Å². The second-order valence-electron chi connectivity index (χ2n) is 6.75. The van der Waals surface area contributed by atoms with Gasteiger partial charge in [0.25, 0.3) is 5.91 Å². The van der Waals surface area contributed by atoms with Gasteiger partial charge in [0, 0.05) is 12.0 Å². The number of esters is 1. The summed E-state index contributed by atoms with van der Waals surface area (Å²) < 4.78 is 121. The van der Waals surface area contributed by atoms with E-state index in [4.69, 9.17) is 0 Å². The Kier molecular flexibility index (Phi) is 7.34. The van der Waals surface area contributed by atoms with E-state index in [-0.39, 0.29) is 23.8 Å². The fraction of sp³-hybridized carbons (Fsp3) is 0.300. The summed E-state index contributed by atoms with van der Waals surface area (Å²) in [5, 5.41) is 1.92. The van der Waals surface area contributed by atoms with Gasteiger partial charge in [0.2, 0.25) is 0 Å². The molecule has 1 amide bonds. The van der Waals surface area contributed by atoms with Crippen LogP contribution in [0.3, 0.4) is 0 Å². The minimum Gasteiger partial charge on any atom is -0.467 e. The molecule has 0 unspecified atom stereocenters. The predicted molar refractivity (Wildman–Crippen MR) is 94.9 cm³/mol. The molecule has 0 aliphatic rings. The lowest BCUT2D eigenvalue weighted by molar-refractivity contribution is -0.144. The largest absolute Gasteiger partial charge is 0.467 e. The minimum absolute atomic E-state index is 0.0967. The van der Waals surface area contributed by atoms with Gasteiger partial charge in [-0.1, -0.05) is 18.2 Å². The molecular formula is C20H14F9NO3. The van der Waals surface area contributed by atoms with Crippen molar-refractivity contribution in [3.63, 3.8) is 0 Å². The maximum atomic E-state index is 13.0. The average molecular weight is 487 g/mol. The van der Waals surface area contributed by atoms with Crippen LogP contribution < -0.4 is 5.32 Å². The molecule has 0 aliphatic heterocycles. The van der Waals surface area contributed by atoms with E-state index < -0.39 is 65.1 Å². The first-order valence-corrected chi connectivity index (χ1v) is 8.86. The normalized spacial score (nSPS) is 13.4. The molecule has 0 saturated carbocycles. The van der Waals surface area contributed by atoms with E-state index in [1.54, 1.807) is 0 Å². The Morgan fingerprint density at radius 1 is 0.818 bits per heavy atom. The summed E-state index contributed by atoms with van der Waals surface area (Å²) in [7, 11) is 0.875. The zero-order chi connectivity index (χ0) is 25.2. The van der Waals surface area contributed by atoms with Gasteiger partial charge in [0.05, 0.1) is 23.8 Å². The number of methoxy groups -OCH3 is 1. The number of hydrogen-bond donors (Lipinski definition) is 1. The first kappa shape index (κ1) is 26.0. The van der Waals surface area contributed by atoms with Crippen molar-refractivity contribution in [2.45, 2.75) is 31.0 Å². The molecule has 0 aromatic heterocycles. The zero-order valence-electron chi connectivity index (χ0n) is 16.5. The number of rotatable bonds is 5. The molecule has 2 rings (SSSR count). The van der Waals surface area contributed by atoms with Crippen molar-refractivity contribution in [2.75, 3.05) is 7.11 Å². The summed E-state index contributed by atoms with van der Waals surface area (Å²) >= 11 is 0. The Morgan fingerprint density at radius 3 is 1.79 bits per heavy atom. The van der Waals surface area contributed by atoms with E-state index in [1.165, 1.54) is 6.07 Å². The minimum atomic E-state index is -5.21. The van der Waals surface area contributed by atoms with Gasteiger partial charge in [0.1, 0.15) is 6.04 Å². The Hall–Kier alpha value is -3.25. The summed E-state index contributed by atoms with van der Waals surface area (Å²) in [6.07, 6.45) is -15.7. The van der Waals surface area contributed by atoms with Gasteiger partial charge < -0.3 is 10.1 Å². The van der Waals surface area contributed by atoms with Crippen molar-refractivity contribution in [3.05, 3.63) is 70.3 Å². The van der Waals surface area contributed by atoms with Crippen LogP contribution in [0.1, 0.15) is 32.6 Å². The fourth-order valence-corrected chi connectivity index (χ4v) is 2.77. The van der Waals surface area contributed by atoms with E-state index in [0.717, 1.165) is 19.2 Å². The molecule has 180 valence electrons. The Bertz CT molecular complexity index is 994. The smallest absolute Gasteiger partial charge is 0.416 e. The molecule has 0 bridgehead atoms. The first-order valence-electron chi connectivity index (χ1n) is 8.86. The molecule has 33 heavy (non-hydrogen) atoms. The lowest BCUT2D eigenvalue weighted by Gasteiger charge is -2.19. The van der Waals surface area contributed by atoms with E-state index in [0.29, 0.717) is 6.07 Å². The molecule has 1 atom stereocenters. The van der Waals surface area contributed by atoms with E-state index in [2.05, 4.69) is 4.74 Å². The third-order valence-corrected chi connectivity index (χ3v) is 4.34. The second kappa shape index (κ2) is 9.32. The van der Waals surface area contributed by atoms with Crippen LogP contribution in [-0.4, -0.2) is 25.0 Å². The van der Waals surface area contributed by atoms with Crippen molar-refractivity contribution in [1.82, 2.24) is 5.32 Å². The third kappa shape index (κ3) is 6.86. The molecule has 0 spiro atoms. The highest BCUT2D eigenvalue weighted by Crippen LogP contribution is 2.36. The van der Waals surface area contributed by atoms with Crippen LogP contribution in [0, 0.1) is 0 Å². The number of nitrogens with one attached hydrogen (secondary N) is 1. The maximum absolute atomic E-state index is 13.0. The standard InChI is InChI=1S/C20H14F9NO3/c1-33-17(32)15(6-10-3-2-4-12(5-10)18(21,22)23)30-16(31)11-7-13(19(24,25)26)9-14(8-11)20(27,28)29/h2-5,7-9,15H,6H2,1H3,(H,30,31)/t15-/m1/s1. The molecule has 0 saturated heterocycles. The first-order chi connectivity index (χ1) is 15.0. The zero-order valence-corrected chi connectivity index (χ0v) is 16.5. The highest BCUT2D eigenvalue weighted by atomic mass is 19.4. The number of carbonyl (C=O) groups is 2. The van der Waals surface area contributed by atoms with Crippen LogP contribution in [0.2, 0.25) is 0 Å². The van der Waals surface area contributed by atoms with Crippen molar-refractivity contribution in [3.8, 4) is 0 Å². The fourth-order valence-electron chi connectivity index (χ4n) is 2.77. The van der Waals surface area contributed by atoms with Crippen LogP contribution in [0.15, 0.2) is 42.5 Å². The van der Waals surface area contributed by atoms with Gasteiger partial charge in [0.15, 0.2) is 0 Å². The molecule has 0 radical (unpaired) electrons. The van der Waals surface area contributed by atoms with Crippen molar-refractivity contribution in [1.29, 1.82) is 0 Å². The molecule has 2 aromatic rings. The summed E-state index contributed by atoms with van der Waals surface area (Å²) in [5.41, 5.74) is -5.73. The summed E-state index contributed by atoms with van der Waals surface area (Å²) in [6, 6.07) is 2.06. The van der Waals surface area contributed by atoms with E-state index >= 15 is 0 Å².